The number of nitrogens with zero attached hydrogens (tertiary/aromatic N) is 1. The molecule has 1 aliphatic carbocycles. The number of aryl methyl sites for hydroxylation is 1. The Morgan fingerprint density at radius 2 is 2.05 bits per heavy atom. The van der Waals surface area contributed by atoms with E-state index in [0.717, 1.165) is 37.9 Å². The van der Waals surface area contributed by atoms with Gasteiger partial charge in [-0.3, -0.25) is 4.79 Å². The van der Waals surface area contributed by atoms with Crippen molar-refractivity contribution in [2.24, 2.45) is 17.6 Å². The molecular formula is C16H22N2O2. The Bertz CT molecular complexity index is 529. The highest BCUT2D eigenvalue weighted by Gasteiger charge is 2.38. The van der Waals surface area contributed by atoms with Crippen molar-refractivity contribution in [2.45, 2.75) is 32.2 Å². The van der Waals surface area contributed by atoms with Crippen LogP contribution >= 0.6 is 0 Å². The van der Waals surface area contributed by atoms with E-state index in [1.54, 1.807) is 18.2 Å². The van der Waals surface area contributed by atoms with Gasteiger partial charge in [0.05, 0.1) is 0 Å². The molecule has 4 nitrogen and oxygen atoms in total. The highest BCUT2D eigenvalue weighted by molar-refractivity contribution is 5.95. The largest absolute Gasteiger partial charge is 0.508 e. The second-order valence-corrected chi connectivity index (χ2v) is 6.30. The molecule has 1 saturated heterocycles. The zero-order chi connectivity index (χ0) is 14.3. The number of phenols is 1. The van der Waals surface area contributed by atoms with E-state index in [4.69, 9.17) is 5.73 Å². The molecule has 1 aromatic rings. The summed E-state index contributed by atoms with van der Waals surface area (Å²) < 4.78 is 0. The van der Waals surface area contributed by atoms with Crippen LogP contribution in [0.25, 0.3) is 0 Å². The van der Waals surface area contributed by atoms with E-state index in [1.165, 1.54) is 0 Å². The van der Waals surface area contributed by atoms with Crippen LogP contribution in [0, 0.1) is 18.8 Å². The van der Waals surface area contributed by atoms with Crippen molar-refractivity contribution >= 4 is 5.91 Å². The van der Waals surface area contributed by atoms with Crippen LogP contribution < -0.4 is 5.73 Å². The second kappa shape index (κ2) is 5.09. The summed E-state index contributed by atoms with van der Waals surface area (Å²) in [5.74, 6) is 1.39. The number of fused-ring (bicyclic) bond motifs is 1. The molecule has 0 bridgehead atoms. The van der Waals surface area contributed by atoms with Gasteiger partial charge in [-0.15, -0.1) is 0 Å². The maximum Gasteiger partial charge on any atom is 0.254 e. The molecule has 2 aliphatic rings. The van der Waals surface area contributed by atoms with Gasteiger partial charge in [0.15, 0.2) is 0 Å². The summed E-state index contributed by atoms with van der Waals surface area (Å²) in [5, 5.41) is 9.75. The molecule has 108 valence electrons. The van der Waals surface area contributed by atoms with E-state index in [-0.39, 0.29) is 11.7 Å². The van der Waals surface area contributed by atoms with E-state index in [2.05, 4.69) is 0 Å². The number of nitrogens with two attached hydrogens (primary N) is 1. The fourth-order valence-corrected chi connectivity index (χ4v) is 3.56. The Morgan fingerprint density at radius 1 is 1.30 bits per heavy atom. The molecule has 1 heterocycles. The van der Waals surface area contributed by atoms with Crippen LogP contribution in [0.2, 0.25) is 0 Å². The summed E-state index contributed by atoms with van der Waals surface area (Å²) in [6.45, 7) is 3.48. The molecular weight excluding hydrogens is 252 g/mol. The first-order valence-electron chi connectivity index (χ1n) is 7.39. The van der Waals surface area contributed by atoms with Crippen molar-refractivity contribution in [3.8, 4) is 5.75 Å². The summed E-state index contributed by atoms with van der Waals surface area (Å²) in [4.78, 5) is 14.4. The number of amides is 1. The molecule has 3 rings (SSSR count). The third-order valence-corrected chi connectivity index (χ3v) is 4.83. The Balaban J connectivity index is 1.73. The van der Waals surface area contributed by atoms with Crippen molar-refractivity contribution in [3.05, 3.63) is 29.3 Å². The molecule has 4 heteroatoms. The average Bonchev–Trinajstić information content (AvgIpc) is 2.84. The summed E-state index contributed by atoms with van der Waals surface area (Å²) >= 11 is 0. The Labute approximate surface area is 119 Å². The first-order chi connectivity index (χ1) is 9.54. The predicted octanol–water partition coefficient (Wildman–Crippen LogP) is 1.90. The topological polar surface area (TPSA) is 66.6 Å². The normalized spacial score (nSPS) is 29.3. The molecule has 0 aromatic heterocycles. The molecule has 1 saturated carbocycles. The zero-order valence-corrected chi connectivity index (χ0v) is 11.9. The standard InChI is InChI=1S/C16H22N2O2/c1-10-2-3-11(7-15(10)19)16(20)18-8-12-4-5-14(17)6-13(12)9-18/h2-3,7,12-14,19H,4-6,8-9,17H2,1H3/t12-,13+,14?/m1/s1. The monoisotopic (exact) mass is 274 g/mol. The lowest BCUT2D eigenvalue weighted by molar-refractivity contribution is 0.0783. The lowest BCUT2D eigenvalue weighted by Crippen LogP contribution is -2.32. The molecule has 0 spiro atoms. The molecule has 20 heavy (non-hydrogen) atoms. The van der Waals surface area contributed by atoms with Crippen LogP contribution in [-0.4, -0.2) is 35.0 Å². The van der Waals surface area contributed by atoms with Crippen molar-refractivity contribution < 1.29 is 9.90 Å². The molecule has 2 fully saturated rings. The average molecular weight is 274 g/mol. The minimum Gasteiger partial charge on any atom is -0.508 e. The third kappa shape index (κ3) is 2.40. The Kier molecular flexibility index (Phi) is 3.42. The fourth-order valence-electron chi connectivity index (χ4n) is 3.56. The summed E-state index contributed by atoms with van der Waals surface area (Å²) in [7, 11) is 0. The van der Waals surface area contributed by atoms with Gasteiger partial charge in [-0.2, -0.15) is 0 Å². The fraction of sp³-hybridized carbons (Fsp3) is 0.562. The van der Waals surface area contributed by atoms with E-state index in [1.807, 2.05) is 11.8 Å². The zero-order valence-electron chi connectivity index (χ0n) is 11.9. The maximum absolute atomic E-state index is 12.5. The van der Waals surface area contributed by atoms with Crippen molar-refractivity contribution in [2.75, 3.05) is 13.1 Å². The number of hydrogen-bond donors (Lipinski definition) is 2. The second-order valence-electron chi connectivity index (χ2n) is 6.30. The molecule has 3 N–H and O–H groups in total. The number of carbonyl (C=O) groups is 1. The van der Waals surface area contributed by atoms with Crippen molar-refractivity contribution in [1.29, 1.82) is 0 Å². The summed E-state index contributed by atoms with van der Waals surface area (Å²) in [6.07, 6.45) is 3.25. The smallest absolute Gasteiger partial charge is 0.254 e. The predicted molar refractivity (Wildman–Crippen MR) is 77.6 cm³/mol. The first kappa shape index (κ1) is 13.4. The quantitative estimate of drug-likeness (QED) is 0.822. The number of likely N-dealkylation sites (tertiary alicyclic amines) is 1. The molecule has 1 aromatic carbocycles. The van der Waals surface area contributed by atoms with E-state index >= 15 is 0 Å². The van der Waals surface area contributed by atoms with Gasteiger partial charge in [-0.1, -0.05) is 6.07 Å². The first-order valence-corrected chi connectivity index (χ1v) is 7.39. The minimum atomic E-state index is 0.0308. The molecule has 1 amide bonds. The molecule has 1 aliphatic heterocycles. The summed E-state index contributed by atoms with van der Waals surface area (Å²) in [6, 6.07) is 5.47. The van der Waals surface area contributed by atoms with Gasteiger partial charge in [0.25, 0.3) is 5.91 Å². The molecule has 3 atom stereocenters. The number of phenolic OH excluding ortho intramolecular Hbond substituents is 1. The number of benzene rings is 1. The number of hydrogen-bond acceptors (Lipinski definition) is 3. The van der Waals surface area contributed by atoms with E-state index < -0.39 is 0 Å². The van der Waals surface area contributed by atoms with Crippen LogP contribution in [0.3, 0.4) is 0 Å². The molecule has 0 radical (unpaired) electrons. The van der Waals surface area contributed by atoms with E-state index in [0.29, 0.717) is 23.4 Å². The van der Waals surface area contributed by atoms with Crippen molar-refractivity contribution in [3.63, 3.8) is 0 Å². The third-order valence-electron chi connectivity index (χ3n) is 4.83. The van der Waals surface area contributed by atoms with Crippen LogP contribution in [0.15, 0.2) is 18.2 Å². The van der Waals surface area contributed by atoms with Crippen molar-refractivity contribution in [1.82, 2.24) is 4.90 Å². The number of carbonyl (C=O) groups excluding carboxylic acids is 1. The van der Waals surface area contributed by atoms with Gasteiger partial charge in [0, 0.05) is 24.7 Å². The summed E-state index contributed by atoms with van der Waals surface area (Å²) in [5.41, 5.74) is 7.40. The Hall–Kier alpha value is -1.55. The van der Waals surface area contributed by atoms with E-state index in [9.17, 15) is 9.90 Å². The highest BCUT2D eigenvalue weighted by Crippen LogP contribution is 2.36. The van der Waals surface area contributed by atoms with Crippen LogP contribution in [0.1, 0.15) is 35.2 Å². The van der Waals surface area contributed by atoms with Gasteiger partial charge in [-0.05, 0) is 55.7 Å². The maximum atomic E-state index is 12.5. The number of aromatic hydroxyl groups is 1. The van der Waals surface area contributed by atoms with Gasteiger partial charge in [0.2, 0.25) is 0 Å². The van der Waals surface area contributed by atoms with Gasteiger partial charge < -0.3 is 15.7 Å². The molecule has 1 unspecified atom stereocenters. The lowest BCUT2D eigenvalue weighted by atomic mass is 9.79. The SMILES string of the molecule is Cc1ccc(C(=O)N2C[C@H]3CCC(N)C[C@H]3C2)cc1O. The van der Waals surface area contributed by atoms with Crippen LogP contribution in [0.4, 0.5) is 0 Å². The van der Waals surface area contributed by atoms with Gasteiger partial charge in [0.1, 0.15) is 5.75 Å². The van der Waals surface area contributed by atoms with Gasteiger partial charge in [-0.25, -0.2) is 0 Å². The minimum absolute atomic E-state index is 0.0308. The van der Waals surface area contributed by atoms with Gasteiger partial charge >= 0.3 is 0 Å². The van der Waals surface area contributed by atoms with Crippen LogP contribution in [0.5, 0.6) is 5.75 Å². The number of rotatable bonds is 1. The Morgan fingerprint density at radius 3 is 2.80 bits per heavy atom. The lowest BCUT2D eigenvalue weighted by Gasteiger charge is -2.27. The van der Waals surface area contributed by atoms with Crippen LogP contribution in [-0.2, 0) is 0 Å². The highest BCUT2D eigenvalue weighted by atomic mass is 16.3.